The van der Waals surface area contributed by atoms with Gasteiger partial charge in [0.2, 0.25) is 0 Å². The van der Waals surface area contributed by atoms with Gasteiger partial charge in [-0.25, -0.2) is 9.78 Å². The van der Waals surface area contributed by atoms with Gasteiger partial charge in [0.1, 0.15) is 11.9 Å². The van der Waals surface area contributed by atoms with Crippen LogP contribution in [0.15, 0.2) is 18.3 Å². The maximum Gasteiger partial charge on any atom is 0.323 e. The van der Waals surface area contributed by atoms with Crippen LogP contribution in [-0.4, -0.2) is 23.6 Å². The Hall–Kier alpha value is -2.09. The van der Waals surface area contributed by atoms with Crippen molar-refractivity contribution in [1.82, 2.24) is 10.3 Å². The number of aromatic nitrogens is 1. The zero-order valence-corrected chi connectivity index (χ0v) is 9.84. The molecule has 1 fully saturated rings. The van der Waals surface area contributed by atoms with Crippen molar-refractivity contribution in [3.05, 3.63) is 23.9 Å². The lowest BCUT2D eigenvalue weighted by Crippen LogP contribution is -2.31. The summed E-state index contributed by atoms with van der Waals surface area (Å²) in [5, 5.41) is 11.6. The average Bonchev–Trinajstić information content (AvgIpc) is 2.72. The Bertz CT molecular complexity index is 460. The Morgan fingerprint density at radius 1 is 1.59 bits per heavy atom. The number of amides is 2. The lowest BCUT2D eigenvalue weighted by molar-refractivity contribution is 0.249. The first-order valence-electron chi connectivity index (χ1n) is 5.56. The first-order chi connectivity index (χ1) is 8.11. The van der Waals surface area contributed by atoms with Gasteiger partial charge in [-0.15, -0.1) is 0 Å². The number of nitriles is 1. The van der Waals surface area contributed by atoms with E-state index in [-0.39, 0.29) is 12.1 Å². The summed E-state index contributed by atoms with van der Waals surface area (Å²) in [7, 11) is 0. The second-order valence-electron chi connectivity index (χ2n) is 4.43. The number of nitrogens with one attached hydrogen (secondary N) is 1. The van der Waals surface area contributed by atoms with Gasteiger partial charge in [0, 0.05) is 12.7 Å². The van der Waals surface area contributed by atoms with Crippen LogP contribution >= 0.6 is 0 Å². The smallest absolute Gasteiger partial charge is 0.323 e. The standard InChI is InChI=1S/C12H14N4O/c1-8(2)10-7-16(12(17)15-10)11-4-3-9(5-13)6-14-11/h3-4,6,8,10H,7H2,1-2H3,(H,15,17)/t10-/m1/s1. The molecular weight excluding hydrogens is 216 g/mol. The number of hydrogen-bond donors (Lipinski definition) is 1. The van der Waals surface area contributed by atoms with Crippen LogP contribution in [0, 0.1) is 17.2 Å². The molecule has 1 aromatic heterocycles. The molecule has 2 rings (SSSR count). The predicted octanol–water partition coefficient (Wildman–Crippen LogP) is 1.51. The monoisotopic (exact) mass is 230 g/mol. The number of carbonyl (C=O) groups excluding carboxylic acids is 1. The minimum Gasteiger partial charge on any atom is -0.333 e. The molecule has 1 aliphatic rings. The highest BCUT2D eigenvalue weighted by Gasteiger charge is 2.31. The highest BCUT2D eigenvalue weighted by Crippen LogP contribution is 2.18. The third-order valence-electron chi connectivity index (χ3n) is 2.89. The third-order valence-corrected chi connectivity index (χ3v) is 2.89. The molecule has 88 valence electrons. The molecule has 1 saturated heterocycles. The van der Waals surface area contributed by atoms with Crippen molar-refractivity contribution in [3.63, 3.8) is 0 Å². The minimum atomic E-state index is -0.124. The molecule has 0 aliphatic carbocycles. The number of carbonyl (C=O) groups is 1. The van der Waals surface area contributed by atoms with Gasteiger partial charge in [0.05, 0.1) is 11.6 Å². The van der Waals surface area contributed by atoms with Crippen molar-refractivity contribution in [2.45, 2.75) is 19.9 Å². The number of urea groups is 1. The number of rotatable bonds is 2. The highest BCUT2D eigenvalue weighted by atomic mass is 16.2. The molecule has 1 aromatic rings. The molecule has 1 aliphatic heterocycles. The summed E-state index contributed by atoms with van der Waals surface area (Å²) in [6, 6.07) is 5.39. The number of anilines is 1. The van der Waals surface area contributed by atoms with Crippen LogP contribution < -0.4 is 10.2 Å². The summed E-state index contributed by atoms with van der Waals surface area (Å²) in [6.07, 6.45) is 1.48. The molecule has 2 heterocycles. The van der Waals surface area contributed by atoms with E-state index in [0.717, 1.165) is 0 Å². The van der Waals surface area contributed by atoms with Gasteiger partial charge in [-0.1, -0.05) is 13.8 Å². The zero-order valence-electron chi connectivity index (χ0n) is 9.84. The molecule has 5 heteroatoms. The number of hydrogen-bond acceptors (Lipinski definition) is 3. The molecule has 1 N–H and O–H groups in total. The van der Waals surface area contributed by atoms with Crippen LogP contribution in [-0.2, 0) is 0 Å². The Balaban J connectivity index is 2.18. The van der Waals surface area contributed by atoms with Crippen LogP contribution in [0.25, 0.3) is 0 Å². The van der Waals surface area contributed by atoms with Gasteiger partial charge in [-0.3, -0.25) is 4.90 Å². The average molecular weight is 230 g/mol. The van der Waals surface area contributed by atoms with E-state index in [0.29, 0.717) is 23.8 Å². The normalized spacial score (nSPS) is 19.3. The van der Waals surface area contributed by atoms with Gasteiger partial charge in [0.25, 0.3) is 0 Å². The minimum absolute atomic E-state index is 0.124. The SMILES string of the molecule is CC(C)[C@H]1CN(c2ccc(C#N)cn2)C(=O)N1. The molecule has 0 unspecified atom stereocenters. The fraction of sp³-hybridized carbons (Fsp3) is 0.417. The molecule has 2 amide bonds. The summed E-state index contributed by atoms with van der Waals surface area (Å²) < 4.78 is 0. The second-order valence-corrected chi connectivity index (χ2v) is 4.43. The third kappa shape index (κ3) is 2.21. The van der Waals surface area contributed by atoms with E-state index in [4.69, 9.17) is 5.26 Å². The van der Waals surface area contributed by atoms with Crippen molar-refractivity contribution in [3.8, 4) is 6.07 Å². The van der Waals surface area contributed by atoms with E-state index >= 15 is 0 Å². The molecule has 0 radical (unpaired) electrons. The van der Waals surface area contributed by atoms with Gasteiger partial charge in [-0.2, -0.15) is 5.26 Å². The lowest BCUT2D eigenvalue weighted by Gasteiger charge is -2.15. The predicted molar refractivity (Wildman–Crippen MR) is 63.5 cm³/mol. The van der Waals surface area contributed by atoms with Crippen molar-refractivity contribution in [2.24, 2.45) is 5.92 Å². The zero-order chi connectivity index (χ0) is 12.4. The molecule has 0 spiro atoms. The lowest BCUT2D eigenvalue weighted by atomic mass is 10.1. The van der Waals surface area contributed by atoms with E-state index in [1.165, 1.54) is 6.20 Å². The fourth-order valence-electron chi connectivity index (χ4n) is 1.75. The summed E-state index contributed by atoms with van der Waals surface area (Å²) in [5.41, 5.74) is 0.494. The van der Waals surface area contributed by atoms with E-state index in [1.807, 2.05) is 6.07 Å². The van der Waals surface area contributed by atoms with E-state index in [9.17, 15) is 4.79 Å². The Labute approximate surface area is 100 Å². The van der Waals surface area contributed by atoms with Crippen LogP contribution in [0.5, 0.6) is 0 Å². The molecule has 5 nitrogen and oxygen atoms in total. The summed E-state index contributed by atoms with van der Waals surface area (Å²) in [4.78, 5) is 17.5. The second kappa shape index (κ2) is 4.42. The van der Waals surface area contributed by atoms with Gasteiger partial charge in [-0.05, 0) is 18.1 Å². The largest absolute Gasteiger partial charge is 0.333 e. The highest BCUT2D eigenvalue weighted by molar-refractivity contribution is 5.93. The molecule has 17 heavy (non-hydrogen) atoms. The molecule has 1 atom stereocenters. The van der Waals surface area contributed by atoms with E-state index < -0.39 is 0 Å². The first-order valence-corrected chi connectivity index (χ1v) is 5.56. The van der Waals surface area contributed by atoms with E-state index in [2.05, 4.69) is 24.1 Å². The molecule has 0 saturated carbocycles. The molecule has 0 aromatic carbocycles. The van der Waals surface area contributed by atoms with Crippen LogP contribution in [0.2, 0.25) is 0 Å². The number of pyridine rings is 1. The van der Waals surface area contributed by atoms with Gasteiger partial charge >= 0.3 is 6.03 Å². The van der Waals surface area contributed by atoms with E-state index in [1.54, 1.807) is 17.0 Å². The van der Waals surface area contributed by atoms with Crippen LogP contribution in [0.1, 0.15) is 19.4 Å². The topological polar surface area (TPSA) is 69.0 Å². The van der Waals surface area contributed by atoms with Crippen molar-refractivity contribution >= 4 is 11.8 Å². The molecular formula is C12H14N4O. The van der Waals surface area contributed by atoms with Gasteiger partial charge in [0.15, 0.2) is 0 Å². The summed E-state index contributed by atoms with van der Waals surface area (Å²) >= 11 is 0. The van der Waals surface area contributed by atoms with Crippen molar-refractivity contribution in [1.29, 1.82) is 5.26 Å². The van der Waals surface area contributed by atoms with Crippen LogP contribution in [0.3, 0.4) is 0 Å². The number of nitrogens with zero attached hydrogens (tertiary/aromatic N) is 3. The maximum atomic E-state index is 11.8. The van der Waals surface area contributed by atoms with Crippen molar-refractivity contribution < 1.29 is 4.79 Å². The van der Waals surface area contributed by atoms with Gasteiger partial charge < -0.3 is 5.32 Å². The van der Waals surface area contributed by atoms with Crippen molar-refractivity contribution in [2.75, 3.05) is 11.4 Å². The fourth-order valence-corrected chi connectivity index (χ4v) is 1.75. The quantitative estimate of drug-likeness (QED) is 0.837. The Morgan fingerprint density at radius 3 is 2.82 bits per heavy atom. The Kier molecular flexibility index (Phi) is 2.96. The van der Waals surface area contributed by atoms with Crippen LogP contribution in [0.4, 0.5) is 10.6 Å². The summed E-state index contributed by atoms with van der Waals surface area (Å²) in [6.45, 7) is 4.76. The summed E-state index contributed by atoms with van der Waals surface area (Å²) in [5.74, 6) is 0.979. The first kappa shape index (κ1) is 11.4. The maximum absolute atomic E-state index is 11.8. The molecule has 0 bridgehead atoms. The Morgan fingerprint density at radius 2 is 2.35 bits per heavy atom.